The smallest absolute Gasteiger partial charge is 0.270 e. The van der Waals surface area contributed by atoms with Crippen molar-refractivity contribution in [3.05, 3.63) is 107 Å². The maximum atomic E-state index is 14.1. The number of hydrogen-bond acceptors (Lipinski definition) is 4. The predicted molar refractivity (Wildman–Crippen MR) is 122 cm³/mol. The van der Waals surface area contributed by atoms with Gasteiger partial charge in [-0.2, -0.15) is 10.4 Å². The van der Waals surface area contributed by atoms with E-state index >= 15 is 0 Å². The molecule has 0 spiro atoms. The lowest BCUT2D eigenvalue weighted by molar-refractivity contribution is -0.112. The normalized spacial score (nSPS) is 12.4. The number of rotatable bonds is 4. The minimum Gasteiger partial charge on any atom is -0.504 e. The first kappa shape index (κ1) is 20.2. The SMILES string of the molecule is N#CC(C(=O)Nc1ccccc1)=C(O)c1nn(-c2ccccc2)c2c1Cc1ccc(F)cc1-2. The van der Waals surface area contributed by atoms with Gasteiger partial charge < -0.3 is 10.4 Å². The van der Waals surface area contributed by atoms with Gasteiger partial charge in [-0.15, -0.1) is 0 Å². The second-order valence-corrected chi connectivity index (χ2v) is 7.56. The Morgan fingerprint density at radius 2 is 1.76 bits per heavy atom. The molecule has 3 aromatic carbocycles. The number of nitrogens with zero attached hydrogens (tertiary/aromatic N) is 3. The molecule has 0 aliphatic heterocycles. The van der Waals surface area contributed by atoms with Gasteiger partial charge >= 0.3 is 0 Å². The highest BCUT2D eigenvalue weighted by Crippen LogP contribution is 2.42. The molecule has 6 nitrogen and oxygen atoms in total. The highest BCUT2D eigenvalue weighted by atomic mass is 19.1. The zero-order chi connectivity index (χ0) is 22.9. The minimum atomic E-state index is -0.745. The van der Waals surface area contributed by atoms with Crippen LogP contribution in [0.1, 0.15) is 16.8 Å². The summed E-state index contributed by atoms with van der Waals surface area (Å²) in [5, 5.41) is 27.9. The summed E-state index contributed by atoms with van der Waals surface area (Å²) in [5.41, 5.74) is 3.63. The third kappa shape index (κ3) is 3.54. The molecule has 33 heavy (non-hydrogen) atoms. The van der Waals surface area contributed by atoms with Crippen LogP contribution in [0.3, 0.4) is 0 Å². The van der Waals surface area contributed by atoms with Gasteiger partial charge in [0.15, 0.2) is 11.3 Å². The number of nitriles is 1. The van der Waals surface area contributed by atoms with Crippen molar-refractivity contribution in [3.63, 3.8) is 0 Å². The Hall–Kier alpha value is -4.70. The third-order valence-corrected chi connectivity index (χ3v) is 5.51. The van der Waals surface area contributed by atoms with Gasteiger partial charge in [0.2, 0.25) is 0 Å². The number of anilines is 1. The van der Waals surface area contributed by atoms with Crippen LogP contribution in [0.25, 0.3) is 22.7 Å². The quantitative estimate of drug-likeness (QED) is 0.235. The van der Waals surface area contributed by atoms with Crippen LogP contribution >= 0.6 is 0 Å². The molecular formula is C26H17FN4O2. The lowest BCUT2D eigenvalue weighted by Gasteiger charge is -2.08. The van der Waals surface area contributed by atoms with Crippen molar-refractivity contribution in [1.82, 2.24) is 9.78 Å². The van der Waals surface area contributed by atoms with Crippen molar-refractivity contribution < 1.29 is 14.3 Å². The molecule has 0 fully saturated rings. The zero-order valence-corrected chi connectivity index (χ0v) is 17.3. The van der Waals surface area contributed by atoms with Crippen molar-refractivity contribution >= 4 is 17.4 Å². The van der Waals surface area contributed by atoms with Crippen molar-refractivity contribution in [2.45, 2.75) is 6.42 Å². The molecule has 0 radical (unpaired) electrons. The molecule has 0 unspecified atom stereocenters. The Bertz CT molecular complexity index is 1450. The van der Waals surface area contributed by atoms with Crippen LogP contribution in [0.4, 0.5) is 10.1 Å². The van der Waals surface area contributed by atoms with Gasteiger partial charge in [0.25, 0.3) is 5.91 Å². The molecule has 160 valence electrons. The van der Waals surface area contributed by atoms with E-state index < -0.39 is 17.2 Å². The molecule has 7 heteroatoms. The molecule has 1 heterocycles. The number of carbonyl (C=O) groups is 1. The van der Waals surface area contributed by atoms with Crippen LogP contribution in [0, 0.1) is 17.1 Å². The summed E-state index contributed by atoms with van der Waals surface area (Å²) in [4.78, 5) is 12.8. The molecule has 1 aromatic heterocycles. The molecule has 5 rings (SSSR count). The van der Waals surface area contributed by atoms with Gasteiger partial charge in [-0.3, -0.25) is 4.79 Å². The lowest BCUT2D eigenvalue weighted by atomic mass is 10.1. The summed E-state index contributed by atoms with van der Waals surface area (Å²) in [5.74, 6) is -1.65. The van der Waals surface area contributed by atoms with Crippen LogP contribution < -0.4 is 5.32 Å². The molecule has 0 bridgehead atoms. The number of hydrogen-bond donors (Lipinski definition) is 2. The largest absolute Gasteiger partial charge is 0.504 e. The maximum Gasteiger partial charge on any atom is 0.270 e. The van der Waals surface area contributed by atoms with Crippen LogP contribution in [0.2, 0.25) is 0 Å². The topological polar surface area (TPSA) is 90.9 Å². The van der Waals surface area contributed by atoms with E-state index in [1.165, 1.54) is 12.1 Å². The fourth-order valence-corrected chi connectivity index (χ4v) is 4.00. The van der Waals surface area contributed by atoms with E-state index in [1.54, 1.807) is 47.1 Å². The number of amides is 1. The molecule has 0 atom stereocenters. The number of fused-ring (bicyclic) bond motifs is 3. The van der Waals surface area contributed by atoms with Crippen molar-refractivity contribution in [2.75, 3.05) is 5.32 Å². The molecule has 1 aliphatic carbocycles. The van der Waals surface area contributed by atoms with Crippen molar-refractivity contribution in [2.24, 2.45) is 0 Å². The van der Waals surface area contributed by atoms with E-state index in [-0.39, 0.29) is 11.5 Å². The highest BCUT2D eigenvalue weighted by molar-refractivity contribution is 6.11. The molecule has 1 amide bonds. The second kappa shape index (κ2) is 8.09. The summed E-state index contributed by atoms with van der Waals surface area (Å²) in [7, 11) is 0. The summed E-state index contributed by atoms with van der Waals surface area (Å²) in [6.07, 6.45) is 0.385. The number of benzene rings is 3. The predicted octanol–water partition coefficient (Wildman–Crippen LogP) is 5.01. The Morgan fingerprint density at radius 3 is 2.45 bits per heavy atom. The average Bonchev–Trinajstić information content (AvgIpc) is 3.38. The number of para-hydroxylation sites is 2. The van der Waals surface area contributed by atoms with Gasteiger partial charge in [0.1, 0.15) is 17.6 Å². The number of aromatic nitrogens is 2. The standard InChI is InChI=1S/C26H17FN4O2/c27-17-12-11-16-13-21-23(25(32)22(15-28)26(33)29-18-7-3-1-4-8-18)30-31(24(21)20(16)14-17)19-9-5-2-6-10-19/h1-12,14,32H,13H2,(H,29,33). The van der Waals surface area contributed by atoms with Crippen molar-refractivity contribution in [3.8, 4) is 23.0 Å². The fourth-order valence-electron chi connectivity index (χ4n) is 4.00. The van der Waals surface area contributed by atoms with Gasteiger partial charge in [0.05, 0.1) is 11.4 Å². The van der Waals surface area contributed by atoms with E-state index in [2.05, 4.69) is 10.4 Å². The fraction of sp³-hybridized carbons (Fsp3) is 0.0385. The number of aliphatic hydroxyl groups excluding tert-OH is 1. The van der Waals surface area contributed by atoms with Gasteiger partial charge in [-0.05, 0) is 42.0 Å². The monoisotopic (exact) mass is 436 g/mol. The first-order valence-corrected chi connectivity index (χ1v) is 10.2. The van der Waals surface area contributed by atoms with Gasteiger partial charge in [-0.25, -0.2) is 9.07 Å². The lowest BCUT2D eigenvalue weighted by Crippen LogP contribution is -2.15. The number of halogens is 1. The van der Waals surface area contributed by atoms with Crippen LogP contribution in [0.15, 0.2) is 84.4 Å². The maximum absolute atomic E-state index is 14.1. The van der Waals surface area contributed by atoms with Crippen LogP contribution in [-0.4, -0.2) is 20.8 Å². The highest BCUT2D eigenvalue weighted by Gasteiger charge is 2.32. The molecule has 4 aromatic rings. The van der Waals surface area contributed by atoms with Gasteiger partial charge in [-0.1, -0.05) is 42.5 Å². The molecule has 0 saturated heterocycles. The Balaban J connectivity index is 1.66. The van der Waals surface area contributed by atoms with Crippen LogP contribution in [0.5, 0.6) is 0 Å². The third-order valence-electron chi connectivity index (χ3n) is 5.51. The molecule has 1 aliphatic rings. The second-order valence-electron chi connectivity index (χ2n) is 7.56. The van der Waals surface area contributed by atoms with E-state index in [4.69, 9.17) is 0 Å². The molecular weight excluding hydrogens is 419 g/mol. The minimum absolute atomic E-state index is 0.116. The summed E-state index contributed by atoms with van der Waals surface area (Å²) < 4.78 is 15.7. The van der Waals surface area contributed by atoms with Crippen LogP contribution in [-0.2, 0) is 11.2 Å². The van der Waals surface area contributed by atoms with E-state index in [9.17, 15) is 19.6 Å². The average molecular weight is 436 g/mol. The Kier molecular flexibility index (Phi) is 4.96. The first-order chi connectivity index (χ1) is 16.1. The Labute approximate surface area is 188 Å². The summed E-state index contributed by atoms with van der Waals surface area (Å²) >= 11 is 0. The van der Waals surface area contributed by atoms with Gasteiger partial charge in [0, 0.05) is 23.2 Å². The van der Waals surface area contributed by atoms with E-state index in [0.717, 1.165) is 5.56 Å². The summed E-state index contributed by atoms with van der Waals surface area (Å²) in [6.45, 7) is 0. The zero-order valence-electron chi connectivity index (χ0n) is 17.3. The van der Waals surface area contributed by atoms with E-state index in [1.807, 2.05) is 30.3 Å². The number of nitrogens with one attached hydrogen (secondary N) is 1. The molecule has 0 saturated carbocycles. The van der Waals surface area contributed by atoms with Crippen molar-refractivity contribution in [1.29, 1.82) is 5.26 Å². The number of carbonyl (C=O) groups excluding carboxylic acids is 1. The van der Waals surface area contributed by atoms with E-state index in [0.29, 0.717) is 34.6 Å². The number of aliphatic hydroxyl groups is 1. The first-order valence-electron chi connectivity index (χ1n) is 10.2. The molecule has 2 N–H and O–H groups in total. The Morgan fingerprint density at radius 1 is 1.06 bits per heavy atom. The summed E-state index contributed by atoms with van der Waals surface area (Å²) in [6, 6.07) is 24.2.